The second kappa shape index (κ2) is 11.0. The highest BCUT2D eigenvalue weighted by Gasteiger charge is 2.24. The number of ether oxygens (including phenoxy) is 2. The van der Waals surface area contributed by atoms with Crippen molar-refractivity contribution in [3.05, 3.63) is 60.9 Å². The predicted octanol–water partition coefficient (Wildman–Crippen LogP) is 4.18. The van der Waals surface area contributed by atoms with Gasteiger partial charge >= 0.3 is 0 Å². The van der Waals surface area contributed by atoms with Gasteiger partial charge in [0.2, 0.25) is 0 Å². The van der Waals surface area contributed by atoms with Crippen LogP contribution in [-0.2, 0) is 4.74 Å². The van der Waals surface area contributed by atoms with Crippen LogP contribution in [-0.4, -0.2) is 64.2 Å². The minimum atomic E-state index is -0.456. The van der Waals surface area contributed by atoms with Crippen molar-refractivity contribution in [2.75, 3.05) is 43.6 Å². The summed E-state index contributed by atoms with van der Waals surface area (Å²) in [6.45, 7) is 3.13. The molecule has 4 aromatic rings. The number of halogens is 1. The van der Waals surface area contributed by atoms with E-state index in [1.54, 1.807) is 24.4 Å². The van der Waals surface area contributed by atoms with Crippen molar-refractivity contribution in [2.45, 2.75) is 31.3 Å². The van der Waals surface area contributed by atoms with Crippen LogP contribution in [0.25, 0.3) is 22.5 Å². The van der Waals surface area contributed by atoms with Gasteiger partial charge in [-0.3, -0.25) is 4.68 Å². The number of hydrogen-bond acceptors (Lipinski definition) is 9. The van der Waals surface area contributed by atoms with E-state index in [1.165, 1.54) is 13.2 Å². The van der Waals surface area contributed by atoms with Gasteiger partial charge in [0, 0.05) is 73.8 Å². The Kier molecular flexibility index (Phi) is 7.08. The molecule has 0 radical (unpaired) electrons. The van der Waals surface area contributed by atoms with Crippen molar-refractivity contribution in [1.29, 1.82) is 0 Å². The molecule has 0 saturated carbocycles. The molecule has 0 unspecified atom stereocenters. The van der Waals surface area contributed by atoms with E-state index in [1.807, 2.05) is 23.1 Å². The first kappa shape index (κ1) is 25.2. The Bertz CT molecular complexity index is 1460. The lowest BCUT2D eigenvalue weighted by molar-refractivity contribution is 0.0662. The number of anilines is 3. The lowest BCUT2D eigenvalue weighted by Crippen LogP contribution is -2.26. The number of methoxy groups -OCH3 is 1. The first-order chi connectivity index (χ1) is 19.1. The first-order valence-electron chi connectivity index (χ1n) is 13.1. The molecular formula is C28H31FN8O2. The third-order valence-corrected chi connectivity index (χ3v) is 7.26. The summed E-state index contributed by atoms with van der Waals surface area (Å²) >= 11 is 0. The van der Waals surface area contributed by atoms with E-state index >= 15 is 0 Å². The van der Waals surface area contributed by atoms with Gasteiger partial charge in [-0.1, -0.05) is 6.07 Å². The number of benzene rings is 1. The maximum Gasteiger partial charge on any atom is 0.168 e. The average Bonchev–Trinajstić information content (AvgIpc) is 3.63. The Balaban J connectivity index is 1.31. The third-order valence-electron chi connectivity index (χ3n) is 7.26. The largest absolute Gasteiger partial charge is 0.496 e. The molecule has 0 bridgehead atoms. The number of nitrogens with two attached hydrogens (primary N) is 1. The highest BCUT2D eigenvalue weighted by Crippen LogP contribution is 2.36. The molecule has 0 spiro atoms. The second-order valence-electron chi connectivity index (χ2n) is 9.84. The van der Waals surface area contributed by atoms with Crippen LogP contribution in [0.4, 0.5) is 21.7 Å². The van der Waals surface area contributed by atoms with Crippen LogP contribution in [0.15, 0.2) is 55.1 Å². The van der Waals surface area contributed by atoms with Crippen LogP contribution in [0.5, 0.6) is 5.75 Å². The molecule has 5 heterocycles. The van der Waals surface area contributed by atoms with Crippen LogP contribution >= 0.6 is 0 Å². The van der Waals surface area contributed by atoms with E-state index in [-0.39, 0.29) is 17.4 Å². The first-order valence-corrected chi connectivity index (χ1v) is 13.1. The van der Waals surface area contributed by atoms with E-state index < -0.39 is 5.82 Å². The zero-order valence-corrected chi connectivity index (χ0v) is 21.8. The Morgan fingerprint density at radius 2 is 1.97 bits per heavy atom. The normalized spacial score (nSPS) is 17.9. The Hall–Kier alpha value is -4.09. The topological polar surface area (TPSA) is 116 Å². The highest BCUT2D eigenvalue weighted by molar-refractivity contribution is 5.80. The van der Waals surface area contributed by atoms with E-state index in [4.69, 9.17) is 20.2 Å². The monoisotopic (exact) mass is 530 g/mol. The van der Waals surface area contributed by atoms with Gasteiger partial charge in [-0.05, 0) is 37.5 Å². The van der Waals surface area contributed by atoms with Crippen molar-refractivity contribution < 1.29 is 13.9 Å². The van der Waals surface area contributed by atoms with E-state index in [2.05, 4.69) is 31.5 Å². The Labute approximate surface area is 226 Å². The zero-order valence-electron chi connectivity index (χ0n) is 21.8. The lowest BCUT2D eigenvalue weighted by Gasteiger charge is -2.23. The highest BCUT2D eigenvalue weighted by atomic mass is 19.1. The van der Waals surface area contributed by atoms with Crippen LogP contribution in [0.1, 0.15) is 25.3 Å². The van der Waals surface area contributed by atoms with Crippen LogP contribution in [0, 0.1) is 5.82 Å². The number of nitrogens with zero attached hydrogens (tertiary/aromatic N) is 6. The SMILES string of the molecule is COc1cccc(F)c1-c1nccc(Nc2cc(N3CC[C@@H](N)C3)c(-c3cnn(C4CCOCC4)c3)cn2)n1. The molecule has 202 valence electrons. The summed E-state index contributed by atoms with van der Waals surface area (Å²) in [6.07, 6.45) is 10.3. The van der Waals surface area contributed by atoms with Crippen LogP contribution in [0.2, 0.25) is 0 Å². The van der Waals surface area contributed by atoms with Gasteiger partial charge in [0.15, 0.2) is 5.82 Å². The number of rotatable bonds is 7. The molecule has 3 aromatic heterocycles. The quantitative estimate of drug-likeness (QED) is 0.363. The van der Waals surface area contributed by atoms with Crippen LogP contribution < -0.4 is 20.7 Å². The fraction of sp³-hybridized carbons (Fsp3) is 0.357. The van der Waals surface area contributed by atoms with Gasteiger partial charge in [-0.25, -0.2) is 19.3 Å². The number of nitrogens with one attached hydrogen (secondary N) is 1. The zero-order chi connectivity index (χ0) is 26.8. The summed E-state index contributed by atoms with van der Waals surface area (Å²) in [7, 11) is 1.49. The summed E-state index contributed by atoms with van der Waals surface area (Å²) in [4.78, 5) is 15.8. The molecule has 2 fully saturated rings. The molecule has 1 aromatic carbocycles. The summed E-state index contributed by atoms with van der Waals surface area (Å²) in [5.74, 6) is 1.22. The van der Waals surface area contributed by atoms with Gasteiger partial charge < -0.3 is 25.4 Å². The number of aromatic nitrogens is 5. The van der Waals surface area contributed by atoms with Gasteiger partial charge in [0.25, 0.3) is 0 Å². The molecule has 2 aliphatic rings. The van der Waals surface area contributed by atoms with Gasteiger partial charge in [-0.15, -0.1) is 0 Å². The maximum atomic E-state index is 14.6. The summed E-state index contributed by atoms with van der Waals surface area (Å²) in [6, 6.07) is 8.81. The van der Waals surface area contributed by atoms with E-state index in [0.717, 1.165) is 62.4 Å². The Morgan fingerprint density at radius 3 is 2.77 bits per heavy atom. The van der Waals surface area contributed by atoms with E-state index in [0.29, 0.717) is 23.4 Å². The third kappa shape index (κ3) is 5.27. The lowest BCUT2D eigenvalue weighted by atomic mass is 10.1. The second-order valence-corrected chi connectivity index (χ2v) is 9.84. The molecule has 39 heavy (non-hydrogen) atoms. The molecule has 0 amide bonds. The minimum absolute atomic E-state index is 0.118. The summed E-state index contributed by atoms with van der Waals surface area (Å²) in [5, 5.41) is 7.93. The van der Waals surface area contributed by atoms with Crippen molar-refractivity contribution >= 4 is 17.3 Å². The smallest absolute Gasteiger partial charge is 0.168 e. The maximum absolute atomic E-state index is 14.6. The summed E-state index contributed by atoms with van der Waals surface area (Å²) < 4.78 is 27.5. The Morgan fingerprint density at radius 1 is 1.10 bits per heavy atom. The van der Waals surface area contributed by atoms with Gasteiger partial charge in [0.1, 0.15) is 23.2 Å². The molecule has 2 saturated heterocycles. The van der Waals surface area contributed by atoms with Crippen molar-refractivity contribution in [2.24, 2.45) is 5.73 Å². The summed E-state index contributed by atoms with van der Waals surface area (Å²) in [5.41, 5.74) is 9.50. The van der Waals surface area contributed by atoms with Crippen LogP contribution in [0.3, 0.4) is 0 Å². The molecule has 1 atom stereocenters. The van der Waals surface area contributed by atoms with Crippen molar-refractivity contribution in [1.82, 2.24) is 24.7 Å². The number of hydrogen-bond donors (Lipinski definition) is 2. The molecule has 2 aliphatic heterocycles. The average molecular weight is 531 g/mol. The van der Waals surface area contributed by atoms with Crippen molar-refractivity contribution in [3.8, 4) is 28.3 Å². The minimum Gasteiger partial charge on any atom is -0.496 e. The predicted molar refractivity (Wildman–Crippen MR) is 147 cm³/mol. The fourth-order valence-corrected chi connectivity index (χ4v) is 5.20. The van der Waals surface area contributed by atoms with Crippen molar-refractivity contribution in [3.63, 3.8) is 0 Å². The molecule has 10 nitrogen and oxygen atoms in total. The van der Waals surface area contributed by atoms with E-state index in [9.17, 15) is 4.39 Å². The van der Waals surface area contributed by atoms with Gasteiger partial charge in [-0.2, -0.15) is 5.10 Å². The molecule has 3 N–H and O–H groups in total. The van der Waals surface area contributed by atoms with Gasteiger partial charge in [0.05, 0.1) is 24.9 Å². The molecular weight excluding hydrogens is 499 g/mol. The molecule has 11 heteroatoms. The fourth-order valence-electron chi connectivity index (χ4n) is 5.20. The standard InChI is InChI=1S/C28H31FN8O2/c1-38-24-4-2-3-22(29)27(24)28-31-9-5-25(35-28)34-26-13-23(36-10-6-19(30)17-36)21(15-32-26)18-14-33-37(16-18)20-7-11-39-12-8-20/h2-5,9,13-16,19-20H,6-8,10-12,17,30H2,1H3,(H,31,32,34,35)/t19-/m1/s1. The molecule has 0 aliphatic carbocycles. The number of pyridine rings is 1. The molecule has 6 rings (SSSR count).